The molecular weight excluding hydrogens is 426 g/mol. The van der Waals surface area contributed by atoms with Crippen LogP contribution in [0.5, 0.6) is 0 Å². The van der Waals surface area contributed by atoms with Crippen molar-refractivity contribution in [2.45, 2.75) is 12.3 Å². The van der Waals surface area contributed by atoms with Gasteiger partial charge in [0, 0.05) is 29.6 Å². The fourth-order valence-corrected chi connectivity index (χ4v) is 4.59. The fraction of sp³-hybridized carbons (Fsp3) is 0.0833. The maximum Gasteiger partial charge on any atom is 0.260 e. The zero-order valence-corrected chi connectivity index (χ0v) is 17.9. The van der Waals surface area contributed by atoms with Crippen molar-refractivity contribution in [1.29, 1.82) is 0 Å². The van der Waals surface area contributed by atoms with E-state index in [1.165, 1.54) is 0 Å². The lowest BCUT2D eigenvalue weighted by molar-refractivity contribution is -0.114. The molecule has 0 aromatic heterocycles. The Kier molecular flexibility index (Phi) is 6.04. The smallest absolute Gasteiger partial charge is 0.260 e. The standard InChI is InChI=1S/C24H21N3O4S/c28-23-21-9-5-4-8-20(21)22(24(29)26-23)15-25-14-17-10-12-19(13-11-17)27-32(30,31)16-18-6-2-1-3-7-18/h1-13,15,25,27H,14,16H2,(H,26,28,29). The van der Waals surface area contributed by atoms with Crippen LogP contribution in [0.15, 0.2) is 85.1 Å². The molecule has 8 heteroatoms. The number of hydrogen-bond acceptors (Lipinski definition) is 5. The molecule has 1 aliphatic rings. The Balaban J connectivity index is 1.39. The van der Waals surface area contributed by atoms with E-state index < -0.39 is 21.8 Å². The van der Waals surface area contributed by atoms with Gasteiger partial charge in [0.15, 0.2) is 0 Å². The summed E-state index contributed by atoms with van der Waals surface area (Å²) in [5.41, 5.74) is 3.49. The molecule has 0 radical (unpaired) electrons. The van der Waals surface area contributed by atoms with Gasteiger partial charge < -0.3 is 5.32 Å². The molecule has 3 aromatic rings. The van der Waals surface area contributed by atoms with E-state index in [2.05, 4.69) is 15.4 Å². The number of carbonyl (C=O) groups excluding carboxylic acids is 2. The number of hydrogen-bond donors (Lipinski definition) is 3. The zero-order chi connectivity index (χ0) is 22.6. The third-order valence-electron chi connectivity index (χ3n) is 4.91. The summed E-state index contributed by atoms with van der Waals surface area (Å²) in [6.45, 7) is 0.421. The third-order valence-corrected chi connectivity index (χ3v) is 6.17. The number of nitrogens with one attached hydrogen (secondary N) is 3. The maximum atomic E-state index is 12.4. The number of sulfonamides is 1. The average molecular weight is 448 g/mol. The number of benzene rings is 3. The summed E-state index contributed by atoms with van der Waals surface area (Å²) in [5.74, 6) is -0.964. The van der Waals surface area contributed by atoms with Gasteiger partial charge in [-0.3, -0.25) is 19.6 Å². The number of rotatable bonds is 7. The molecule has 7 nitrogen and oxygen atoms in total. The minimum Gasteiger partial charge on any atom is -0.386 e. The summed E-state index contributed by atoms with van der Waals surface area (Å²) < 4.78 is 27.3. The number of fused-ring (bicyclic) bond motifs is 1. The van der Waals surface area contributed by atoms with E-state index in [-0.39, 0.29) is 5.75 Å². The van der Waals surface area contributed by atoms with Gasteiger partial charge in [0.05, 0.1) is 11.3 Å². The fourth-order valence-electron chi connectivity index (χ4n) is 3.39. The maximum absolute atomic E-state index is 12.4. The van der Waals surface area contributed by atoms with E-state index in [9.17, 15) is 18.0 Å². The first-order chi connectivity index (χ1) is 15.4. The van der Waals surface area contributed by atoms with Gasteiger partial charge in [0.1, 0.15) is 0 Å². The lowest BCUT2D eigenvalue weighted by Gasteiger charge is -2.18. The Hall–Kier alpha value is -3.91. The molecular formula is C24H21N3O4S. The van der Waals surface area contributed by atoms with Crippen LogP contribution in [0.25, 0.3) is 5.57 Å². The highest BCUT2D eigenvalue weighted by atomic mass is 32.2. The zero-order valence-electron chi connectivity index (χ0n) is 17.0. The third kappa shape index (κ3) is 5.04. The Morgan fingerprint density at radius 2 is 1.41 bits per heavy atom. The van der Waals surface area contributed by atoms with E-state index in [0.29, 0.717) is 34.5 Å². The monoisotopic (exact) mass is 447 g/mol. The number of imide groups is 1. The molecule has 4 rings (SSSR count). The van der Waals surface area contributed by atoms with Crippen LogP contribution >= 0.6 is 0 Å². The number of anilines is 1. The first-order valence-corrected chi connectivity index (χ1v) is 11.6. The molecule has 0 spiro atoms. The average Bonchev–Trinajstić information content (AvgIpc) is 2.77. The van der Waals surface area contributed by atoms with Gasteiger partial charge in [0.25, 0.3) is 11.8 Å². The van der Waals surface area contributed by atoms with Crippen LogP contribution in [0.4, 0.5) is 5.69 Å². The minimum atomic E-state index is -3.52. The Labute approximate surface area is 186 Å². The molecule has 32 heavy (non-hydrogen) atoms. The van der Waals surface area contributed by atoms with Gasteiger partial charge in [-0.1, -0.05) is 60.7 Å². The summed E-state index contributed by atoms with van der Waals surface area (Å²) in [4.78, 5) is 24.2. The van der Waals surface area contributed by atoms with E-state index in [0.717, 1.165) is 5.56 Å². The van der Waals surface area contributed by atoms with Crippen LogP contribution in [-0.2, 0) is 27.1 Å². The van der Waals surface area contributed by atoms with Gasteiger partial charge >= 0.3 is 0 Å². The van der Waals surface area contributed by atoms with Crippen molar-refractivity contribution in [3.05, 3.63) is 107 Å². The van der Waals surface area contributed by atoms with Crippen LogP contribution in [0.3, 0.4) is 0 Å². The second kappa shape index (κ2) is 9.07. The molecule has 2 amide bonds. The summed E-state index contributed by atoms with van der Waals surface area (Å²) in [6, 6.07) is 22.9. The minimum absolute atomic E-state index is 0.100. The second-order valence-corrected chi connectivity index (χ2v) is 9.03. The summed E-state index contributed by atoms with van der Waals surface area (Å²) in [6.07, 6.45) is 1.58. The van der Waals surface area contributed by atoms with E-state index in [1.54, 1.807) is 79.0 Å². The molecule has 1 heterocycles. The van der Waals surface area contributed by atoms with Crippen molar-refractivity contribution >= 4 is 33.1 Å². The van der Waals surface area contributed by atoms with Crippen molar-refractivity contribution in [2.75, 3.05) is 4.72 Å². The van der Waals surface area contributed by atoms with E-state index in [4.69, 9.17) is 0 Å². The lowest BCUT2D eigenvalue weighted by atomic mass is 9.96. The molecule has 0 fully saturated rings. The van der Waals surface area contributed by atoms with Crippen molar-refractivity contribution in [1.82, 2.24) is 10.6 Å². The van der Waals surface area contributed by atoms with Crippen molar-refractivity contribution < 1.29 is 18.0 Å². The van der Waals surface area contributed by atoms with Crippen molar-refractivity contribution in [2.24, 2.45) is 0 Å². The van der Waals surface area contributed by atoms with Crippen LogP contribution in [0, 0.1) is 0 Å². The van der Waals surface area contributed by atoms with Crippen molar-refractivity contribution in [3.8, 4) is 0 Å². The molecule has 0 unspecified atom stereocenters. The van der Waals surface area contributed by atoms with Crippen LogP contribution in [-0.4, -0.2) is 20.2 Å². The topological polar surface area (TPSA) is 104 Å². The van der Waals surface area contributed by atoms with E-state index >= 15 is 0 Å². The summed E-state index contributed by atoms with van der Waals surface area (Å²) >= 11 is 0. The van der Waals surface area contributed by atoms with Crippen LogP contribution < -0.4 is 15.4 Å². The first-order valence-electron chi connectivity index (χ1n) is 9.93. The van der Waals surface area contributed by atoms with Gasteiger partial charge in [0.2, 0.25) is 10.0 Å². The molecule has 162 valence electrons. The number of carbonyl (C=O) groups is 2. The Morgan fingerprint density at radius 1 is 0.750 bits per heavy atom. The molecule has 3 N–H and O–H groups in total. The normalized spacial score (nSPS) is 14.6. The highest BCUT2D eigenvalue weighted by Gasteiger charge is 2.26. The van der Waals surface area contributed by atoms with E-state index in [1.807, 2.05) is 6.07 Å². The molecule has 0 saturated heterocycles. The molecule has 1 aliphatic heterocycles. The van der Waals surface area contributed by atoms with Gasteiger partial charge in [-0.2, -0.15) is 0 Å². The Bertz CT molecular complexity index is 1280. The first kappa shape index (κ1) is 21.3. The predicted octanol–water partition coefficient (Wildman–Crippen LogP) is 3.03. The largest absolute Gasteiger partial charge is 0.386 e. The molecule has 0 saturated carbocycles. The summed E-state index contributed by atoms with van der Waals surface area (Å²) in [5, 5.41) is 5.41. The van der Waals surface area contributed by atoms with Gasteiger partial charge in [-0.25, -0.2) is 8.42 Å². The molecule has 0 atom stereocenters. The SMILES string of the molecule is O=C1NC(=O)c2ccccc2C1=CNCc1ccc(NS(=O)(=O)Cc2ccccc2)cc1. The second-order valence-electron chi connectivity index (χ2n) is 7.31. The van der Waals surface area contributed by atoms with Crippen LogP contribution in [0.1, 0.15) is 27.0 Å². The Morgan fingerprint density at radius 3 is 2.12 bits per heavy atom. The van der Waals surface area contributed by atoms with Crippen LogP contribution in [0.2, 0.25) is 0 Å². The molecule has 0 bridgehead atoms. The highest BCUT2D eigenvalue weighted by Crippen LogP contribution is 2.23. The van der Waals surface area contributed by atoms with Gasteiger partial charge in [-0.15, -0.1) is 0 Å². The summed E-state index contributed by atoms with van der Waals surface area (Å²) in [7, 11) is -3.52. The number of amides is 2. The molecule has 3 aromatic carbocycles. The molecule has 0 aliphatic carbocycles. The lowest BCUT2D eigenvalue weighted by Crippen LogP contribution is -2.36. The van der Waals surface area contributed by atoms with Crippen molar-refractivity contribution in [3.63, 3.8) is 0 Å². The highest BCUT2D eigenvalue weighted by molar-refractivity contribution is 7.91. The quantitative estimate of drug-likeness (QED) is 0.382. The predicted molar refractivity (Wildman–Crippen MR) is 123 cm³/mol. The van der Waals surface area contributed by atoms with Gasteiger partial charge in [-0.05, 0) is 29.3 Å².